The van der Waals surface area contributed by atoms with Gasteiger partial charge in [-0.25, -0.2) is 8.42 Å². The standard InChI is InChI=1S/C14H26N2O2S/c17-19(18)11-13(15-7-3-1-4-8-15)14(12-19)16-9-5-2-6-10-16/h13-14H,1-12H2/p+2/t13-,14-/m0/s1. The molecular weight excluding hydrogens is 260 g/mol. The maximum Gasteiger partial charge on any atom is 0.162 e. The summed E-state index contributed by atoms with van der Waals surface area (Å²) >= 11 is 0. The summed E-state index contributed by atoms with van der Waals surface area (Å²) in [5.41, 5.74) is 0. The Morgan fingerprint density at radius 2 is 1.00 bits per heavy atom. The molecule has 0 bridgehead atoms. The van der Waals surface area contributed by atoms with Crippen LogP contribution in [0, 0.1) is 0 Å². The van der Waals surface area contributed by atoms with E-state index in [1.807, 2.05) is 0 Å². The first kappa shape index (κ1) is 13.8. The van der Waals surface area contributed by atoms with Crippen molar-refractivity contribution in [3.05, 3.63) is 0 Å². The summed E-state index contributed by atoms with van der Waals surface area (Å²) in [6.45, 7) is 4.79. The van der Waals surface area contributed by atoms with E-state index in [0.29, 0.717) is 23.6 Å². The average molecular weight is 288 g/mol. The van der Waals surface area contributed by atoms with Crippen LogP contribution in [0.1, 0.15) is 38.5 Å². The Bertz CT molecular complexity index is 366. The van der Waals surface area contributed by atoms with Crippen molar-refractivity contribution in [2.75, 3.05) is 37.7 Å². The number of piperidine rings is 2. The Morgan fingerprint density at radius 1 is 0.632 bits per heavy atom. The van der Waals surface area contributed by atoms with Crippen molar-refractivity contribution < 1.29 is 18.2 Å². The molecule has 0 aromatic carbocycles. The van der Waals surface area contributed by atoms with Gasteiger partial charge in [0.15, 0.2) is 21.9 Å². The van der Waals surface area contributed by atoms with Crippen LogP contribution in [-0.2, 0) is 9.84 Å². The number of quaternary nitrogens is 2. The lowest BCUT2D eigenvalue weighted by Gasteiger charge is -2.36. The normalized spacial score (nSPS) is 37.5. The van der Waals surface area contributed by atoms with E-state index in [2.05, 4.69) is 0 Å². The van der Waals surface area contributed by atoms with Crippen LogP contribution >= 0.6 is 0 Å². The summed E-state index contributed by atoms with van der Waals surface area (Å²) in [6, 6.07) is 0.775. The molecule has 0 unspecified atom stereocenters. The monoisotopic (exact) mass is 288 g/mol. The molecule has 0 amide bonds. The Labute approximate surface area is 117 Å². The largest absolute Gasteiger partial charge is 0.327 e. The van der Waals surface area contributed by atoms with Gasteiger partial charge in [-0.15, -0.1) is 0 Å². The third-order valence-corrected chi connectivity index (χ3v) is 7.13. The molecule has 3 rings (SSSR count). The molecule has 0 aliphatic carbocycles. The van der Waals surface area contributed by atoms with Gasteiger partial charge in [0, 0.05) is 0 Å². The molecule has 3 aliphatic rings. The number of rotatable bonds is 2. The smallest absolute Gasteiger partial charge is 0.162 e. The highest BCUT2D eigenvalue weighted by Crippen LogP contribution is 2.11. The van der Waals surface area contributed by atoms with Crippen molar-refractivity contribution in [3.8, 4) is 0 Å². The van der Waals surface area contributed by atoms with Gasteiger partial charge in [0.2, 0.25) is 0 Å². The molecule has 0 aromatic rings. The van der Waals surface area contributed by atoms with Crippen molar-refractivity contribution in [3.63, 3.8) is 0 Å². The van der Waals surface area contributed by atoms with Crippen LogP contribution in [0.3, 0.4) is 0 Å². The molecule has 5 heteroatoms. The van der Waals surface area contributed by atoms with Gasteiger partial charge >= 0.3 is 0 Å². The van der Waals surface area contributed by atoms with Gasteiger partial charge in [-0.2, -0.15) is 0 Å². The second kappa shape index (κ2) is 5.70. The van der Waals surface area contributed by atoms with Gasteiger partial charge in [-0.05, 0) is 38.5 Å². The van der Waals surface area contributed by atoms with Gasteiger partial charge in [0.25, 0.3) is 0 Å². The van der Waals surface area contributed by atoms with Crippen molar-refractivity contribution in [1.82, 2.24) is 0 Å². The zero-order chi connectivity index (χ0) is 13.3. The zero-order valence-electron chi connectivity index (χ0n) is 11.9. The fourth-order valence-corrected chi connectivity index (χ4v) is 6.57. The van der Waals surface area contributed by atoms with Crippen molar-refractivity contribution in [1.29, 1.82) is 0 Å². The van der Waals surface area contributed by atoms with Crippen molar-refractivity contribution in [2.24, 2.45) is 0 Å². The van der Waals surface area contributed by atoms with Gasteiger partial charge in [-0.1, -0.05) is 0 Å². The predicted octanol–water partition coefficient (Wildman–Crippen LogP) is -1.71. The molecule has 0 aromatic heterocycles. The molecule has 2 atom stereocenters. The van der Waals surface area contributed by atoms with Crippen LogP contribution in [0.15, 0.2) is 0 Å². The number of hydrogen-bond acceptors (Lipinski definition) is 2. The summed E-state index contributed by atoms with van der Waals surface area (Å²) in [5.74, 6) is 0.910. The molecule has 3 fully saturated rings. The third kappa shape index (κ3) is 3.14. The Kier molecular flexibility index (Phi) is 4.15. The van der Waals surface area contributed by atoms with E-state index in [1.165, 1.54) is 64.7 Å². The van der Waals surface area contributed by atoms with E-state index in [0.717, 1.165) is 0 Å². The highest BCUT2D eigenvalue weighted by atomic mass is 32.2. The van der Waals surface area contributed by atoms with Crippen LogP contribution in [0.2, 0.25) is 0 Å². The first-order valence-corrected chi connectivity index (χ1v) is 9.87. The number of likely N-dealkylation sites (tertiary alicyclic amines) is 2. The van der Waals surface area contributed by atoms with Crippen LogP contribution in [-0.4, -0.2) is 58.2 Å². The Hall–Kier alpha value is -0.130. The molecule has 0 radical (unpaired) electrons. The maximum atomic E-state index is 12.1. The summed E-state index contributed by atoms with van der Waals surface area (Å²) in [7, 11) is -2.78. The fourth-order valence-electron chi connectivity index (χ4n) is 4.41. The second-order valence-corrected chi connectivity index (χ2v) is 8.88. The van der Waals surface area contributed by atoms with E-state index in [9.17, 15) is 8.42 Å². The third-order valence-electron chi connectivity index (χ3n) is 5.39. The minimum Gasteiger partial charge on any atom is -0.327 e. The molecule has 0 saturated carbocycles. The molecule has 110 valence electrons. The van der Waals surface area contributed by atoms with Gasteiger partial charge in [0.1, 0.15) is 11.5 Å². The quantitative estimate of drug-likeness (QED) is 0.635. The SMILES string of the molecule is O=S1(=O)C[C@H]([NH+]2CCCCC2)[C@@H]([NH+]2CCCCC2)C1. The Balaban J connectivity index is 1.74. The second-order valence-electron chi connectivity index (χ2n) is 6.73. The molecule has 4 nitrogen and oxygen atoms in total. The summed E-state index contributed by atoms with van der Waals surface area (Å²) in [6.07, 6.45) is 7.82. The minimum absolute atomic E-state index is 0.387. The van der Waals surface area contributed by atoms with Crippen LogP contribution in [0.5, 0.6) is 0 Å². The minimum atomic E-state index is -2.78. The first-order valence-electron chi connectivity index (χ1n) is 8.05. The van der Waals surface area contributed by atoms with Crippen LogP contribution in [0.25, 0.3) is 0 Å². The van der Waals surface area contributed by atoms with E-state index in [4.69, 9.17) is 0 Å². The fraction of sp³-hybridized carbons (Fsp3) is 1.00. The van der Waals surface area contributed by atoms with Crippen molar-refractivity contribution >= 4 is 9.84 Å². The highest BCUT2D eigenvalue weighted by Gasteiger charge is 2.49. The van der Waals surface area contributed by atoms with Crippen LogP contribution in [0.4, 0.5) is 0 Å². The Morgan fingerprint density at radius 3 is 1.37 bits per heavy atom. The molecule has 3 heterocycles. The molecule has 3 aliphatic heterocycles. The van der Waals surface area contributed by atoms with E-state index < -0.39 is 9.84 Å². The number of hydrogen-bond donors (Lipinski definition) is 2. The topological polar surface area (TPSA) is 43.0 Å². The molecule has 3 saturated heterocycles. The van der Waals surface area contributed by atoms with Gasteiger partial charge in [-0.3, -0.25) is 0 Å². The zero-order valence-corrected chi connectivity index (χ0v) is 12.7. The summed E-state index contributed by atoms with van der Waals surface area (Å²) in [5, 5.41) is 0. The number of nitrogens with one attached hydrogen (secondary N) is 2. The lowest BCUT2D eigenvalue weighted by atomic mass is 10.0. The van der Waals surface area contributed by atoms with E-state index >= 15 is 0 Å². The van der Waals surface area contributed by atoms with Crippen molar-refractivity contribution in [2.45, 2.75) is 50.6 Å². The molecular formula is C14H28N2O2S+2. The van der Waals surface area contributed by atoms with E-state index in [1.54, 1.807) is 9.80 Å². The lowest BCUT2D eigenvalue weighted by Crippen LogP contribution is -3.26. The highest BCUT2D eigenvalue weighted by molar-refractivity contribution is 7.91. The van der Waals surface area contributed by atoms with Gasteiger partial charge in [0.05, 0.1) is 26.2 Å². The average Bonchev–Trinajstić information content (AvgIpc) is 2.77. The maximum absolute atomic E-state index is 12.1. The van der Waals surface area contributed by atoms with E-state index in [-0.39, 0.29) is 0 Å². The molecule has 2 N–H and O–H groups in total. The predicted molar refractivity (Wildman–Crippen MR) is 75.3 cm³/mol. The summed E-state index contributed by atoms with van der Waals surface area (Å²) in [4.78, 5) is 3.19. The first-order chi connectivity index (χ1) is 9.16. The molecule has 19 heavy (non-hydrogen) atoms. The van der Waals surface area contributed by atoms with Crippen LogP contribution < -0.4 is 9.80 Å². The lowest BCUT2D eigenvalue weighted by molar-refractivity contribution is -0.993. The van der Waals surface area contributed by atoms with Gasteiger partial charge < -0.3 is 9.80 Å². The number of sulfone groups is 1. The summed E-state index contributed by atoms with van der Waals surface area (Å²) < 4.78 is 24.2. The molecule has 0 spiro atoms.